The van der Waals surface area contributed by atoms with Crippen LogP contribution in [0.25, 0.3) is 33.4 Å². The van der Waals surface area contributed by atoms with Gasteiger partial charge in [-0.2, -0.15) is 0 Å². The third kappa shape index (κ3) is 28.6. The zero-order chi connectivity index (χ0) is 106. The van der Waals surface area contributed by atoms with Crippen molar-refractivity contribution in [3.63, 3.8) is 0 Å². The number of hydrazine groups is 1. The summed E-state index contributed by atoms with van der Waals surface area (Å²) in [5.41, 5.74) is 5.82. The van der Waals surface area contributed by atoms with Crippen LogP contribution in [0.15, 0.2) is 168 Å². The topological polar surface area (TPSA) is 388 Å². The van der Waals surface area contributed by atoms with E-state index in [9.17, 15) is 61.9 Å². The predicted molar refractivity (Wildman–Crippen MR) is 576 cm³/mol. The molecular formula is C115H150FN17O13S3. The second kappa shape index (κ2) is 54.5. The number of hydrogen-bond acceptors (Lipinski definition) is 22. The molecule has 0 bridgehead atoms. The van der Waals surface area contributed by atoms with Gasteiger partial charge in [-0.25, -0.2) is 25.2 Å². The number of thiazole rings is 2. The highest BCUT2D eigenvalue weighted by molar-refractivity contribution is 7.15. The Hall–Kier alpha value is -12.1. The minimum absolute atomic E-state index is 0.0175. The number of amides is 11. The number of rotatable bonds is 33. The standard InChI is InChI=1S/C33H45N5O4.C29H36N4O3S.C27H34FN3O3S.C26H35N5O3S/c1-5-23(4)31(40)35-27-21-36(29(39)20-22(2)3)19-18-26-16-17-28(37(26)32(27)41)33(42)38(34)30(24-12-8-6-9-13-24)25-14-10-7-11-15-25;1-3-19(2)26(34)31-24(21-13-8-5-9-14-21)29(35)33-17-10-15-22(33)25-23(20-11-6-4-7-12-20)32-28(37-25)27-30-16-18-36-27;1-3-17(2)25(33)30-23(18-8-5-4-6-9-18)27(34)31-15-7-10-22(31)26-29-21(16-35-26)24(32)19-11-13-20(28)14-12-19;1-3-17(2)23(32)27-22(19-13-8-5-9-14-19)26(34)31-16-10-15-20(31)24(33)28-25-21(29-30-35-25)18-11-6-4-7-12-18/h6-15,22-23,26-28,30H,5,16-21,34H2,1-4H3,(H,35,40);4,6-7,11-12,16,18-19,21-22,24H,3,5,8-10,13-15,17H2,1-2H3,(H,31,34);11-14,16-18,22-23H,3-10,15H2,1-2H3,(H,30,33);4,6-7,11-12,17,19-20,22H,3,5,8-10,13-16H2,1-2H3,(H,27,32)(H,28,33)/t23-,26-,27+,28+;19-,22+,24+;17-,22+,23+;17-,20+,22+/m1111/s1. The van der Waals surface area contributed by atoms with Crippen molar-refractivity contribution in [3.05, 3.63) is 202 Å². The summed E-state index contributed by atoms with van der Waals surface area (Å²) < 4.78 is 22.8. The Morgan fingerprint density at radius 1 is 0.510 bits per heavy atom. The van der Waals surface area contributed by atoms with Gasteiger partial charge in [0.15, 0.2) is 5.01 Å². The molecule has 8 aliphatic rings. The van der Waals surface area contributed by atoms with Crippen LogP contribution in [-0.4, -0.2) is 200 Å². The van der Waals surface area contributed by atoms with Crippen LogP contribution in [0.5, 0.6) is 0 Å². The second-order valence-corrected chi connectivity index (χ2v) is 44.5. The first kappa shape index (κ1) is 112. The van der Waals surface area contributed by atoms with Crippen LogP contribution < -0.4 is 32.4 Å². The minimum atomic E-state index is -0.941. The van der Waals surface area contributed by atoms with Crippen molar-refractivity contribution >= 4 is 110 Å². The maximum Gasteiger partial charge on any atom is 0.260 e. The third-order valence-electron chi connectivity index (χ3n) is 31.2. The molecule has 5 aromatic carbocycles. The van der Waals surface area contributed by atoms with Crippen molar-refractivity contribution < 1.29 is 66.3 Å². The summed E-state index contributed by atoms with van der Waals surface area (Å²) in [6.45, 7) is 21.7. The number of aromatic nitrogens is 5. The second-order valence-electron chi connectivity index (χ2n) is 41.9. The molecule has 5 saturated heterocycles. The minimum Gasteiger partial charge on any atom is -0.443 e. The number of ketones is 1. The smallest absolute Gasteiger partial charge is 0.260 e. The van der Waals surface area contributed by atoms with Gasteiger partial charge in [0.25, 0.3) is 11.8 Å². The van der Waals surface area contributed by atoms with Crippen LogP contribution in [0.4, 0.5) is 9.39 Å². The van der Waals surface area contributed by atoms with Gasteiger partial charge in [-0.05, 0) is 181 Å². The fourth-order valence-corrected chi connectivity index (χ4v) is 24.5. The van der Waals surface area contributed by atoms with Gasteiger partial charge in [0.05, 0.1) is 34.9 Å². The molecule has 4 aromatic heterocycles. The van der Waals surface area contributed by atoms with Gasteiger partial charge in [0, 0.05) is 102 Å². The highest BCUT2D eigenvalue weighted by Gasteiger charge is 2.50. The van der Waals surface area contributed by atoms with Gasteiger partial charge in [-0.15, -0.1) is 27.8 Å². The molecule has 17 rings (SSSR count). The molecule has 149 heavy (non-hydrogen) atoms. The zero-order valence-corrected chi connectivity index (χ0v) is 90.4. The van der Waals surface area contributed by atoms with Crippen LogP contribution in [0.1, 0.15) is 311 Å². The SMILES string of the molecule is CC[C@@H](C)C(=O)N[C@H](C(=O)N1CCC[C@H]1C(=O)Nc1snnc1-c1ccccc1)C1CCCCC1.CC[C@@H](C)C(=O)N[C@H](C(=O)N1CCC[C@H]1c1nc(C(=O)c2ccc(F)cc2)cs1)C1CCCCC1.CC[C@@H](C)C(=O)N[C@H](C(=O)N1CCC[C@H]1c1sc(-c2ncco2)nc1-c1ccccc1)C1CCCCC1.CC[C@@H](C)C(=O)N[C@H]1CN(C(=O)CC(C)C)CC[C@H]2CC[C@@H](C(=O)N(N)C(c3ccccc3)c3ccccc3)N2C1=O. The monoisotopic (exact) mass is 2090 g/mol. The van der Waals surface area contributed by atoms with E-state index in [1.807, 2.05) is 188 Å². The maximum absolute atomic E-state index is 14.2. The molecule has 11 amide bonds. The molecule has 0 radical (unpaired) electrons. The number of hydrogen-bond donors (Lipinski definition) is 6. The van der Waals surface area contributed by atoms with Crippen molar-refractivity contribution in [1.82, 2.24) is 75.3 Å². The molecule has 798 valence electrons. The van der Waals surface area contributed by atoms with E-state index in [0.29, 0.717) is 97.6 Å². The first-order valence-corrected chi connectivity index (χ1v) is 56.8. The number of likely N-dealkylation sites (tertiary alicyclic amines) is 3. The van der Waals surface area contributed by atoms with E-state index >= 15 is 0 Å². The van der Waals surface area contributed by atoms with Gasteiger partial charge in [-0.1, -0.05) is 253 Å². The van der Waals surface area contributed by atoms with Crippen LogP contribution in [0.2, 0.25) is 0 Å². The van der Waals surface area contributed by atoms with Crippen molar-refractivity contribution in [1.29, 1.82) is 0 Å². The summed E-state index contributed by atoms with van der Waals surface area (Å²) in [7, 11) is 0. The zero-order valence-electron chi connectivity index (χ0n) is 87.9. The number of carbonyl (C=O) groups is 12. The van der Waals surface area contributed by atoms with Crippen molar-refractivity contribution in [3.8, 4) is 33.4 Å². The summed E-state index contributed by atoms with van der Waals surface area (Å²) in [5, 5.41) is 24.5. The van der Waals surface area contributed by atoms with E-state index in [0.717, 1.165) is 184 Å². The average Bonchev–Trinajstić information content (AvgIpc) is 1.57. The Kier molecular flexibility index (Phi) is 41.2. The summed E-state index contributed by atoms with van der Waals surface area (Å²) in [5.74, 6) is 4.99. The molecular weight excluding hydrogens is 1940 g/mol. The number of benzene rings is 5. The number of oxazole rings is 1. The van der Waals surface area contributed by atoms with Gasteiger partial charge in [0.2, 0.25) is 64.9 Å². The Bertz CT molecular complexity index is 5880. The molecule has 3 aliphatic carbocycles. The molecule has 5 aliphatic heterocycles. The lowest BCUT2D eigenvalue weighted by atomic mass is 9.83. The average molecular weight is 2090 g/mol. The largest absolute Gasteiger partial charge is 0.443 e. The Labute approximate surface area is 888 Å². The van der Waals surface area contributed by atoms with Crippen LogP contribution in [0.3, 0.4) is 0 Å². The summed E-state index contributed by atoms with van der Waals surface area (Å²) in [6.07, 6.45) is 28.6. The lowest BCUT2D eigenvalue weighted by molar-refractivity contribution is -0.151. The first-order valence-electron chi connectivity index (χ1n) is 54.4. The van der Waals surface area contributed by atoms with Crippen molar-refractivity contribution in [2.24, 2.45) is 53.2 Å². The molecule has 34 heteroatoms. The Morgan fingerprint density at radius 3 is 1.49 bits per heavy atom. The number of nitrogens with zero attached hydrogens (tertiary/aromatic N) is 11. The molecule has 0 unspecified atom stereocenters. The maximum atomic E-state index is 14.2. The van der Waals surface area contributed by atoms with Gasteiger partial charge >= 0.3 is 0 Å². The normalized spacial score (nSPS) is 20.6. The number of nitrogens with two attached hydrogens (primary N) is 1. The molecule has 9 aromatic rings. The first-order chi connectivity index (χ1) is 72.1. The fourth-order valence-electron chi connectivity index (χ4n) is 21.8. The van der Waals surface area contributed by atoms with E-state index in [1.54, 1.807) is 43.9 Å². The van der Waals surface area contributed by atoms with Crippen LogP contribution >= 0.6 is 34.2 Å². The molecule has 13 atom stereocenters. The van der Waals surface area contributed by atoms with Crippen LogP contribution in [-0.2, 0) is 52.7 Å². The molecule has 30 nitrogen and oxygen atoms in total. The number of anilines is 1. The molecule has 3 saturated carbocycles. The molecule has 9 heterocycles. The highest BCUT2D eigenvalue weighted by Crippen LogP contribution is 2.46. The van der Waals surface area contributed by atoms with E-state index in [2.05, 4.69) is 58.3 Å². The fraction of sp³-hybridized carbons (Fsp3) is 0.539. The van der Waals surface area contributed by atoms with Gasteiger partial charge in [-0.3, -0.25) is 62.5 Å². The number of nitrogens with one attached hydrogen (secondary N) is 5. The summed E-state index contributed by atoms with van der Waals surface area (Å²) >= 11 is 4.06. The Morgan fingerprint density at radius 2 is 0.987 bits per heavy atom. The Balaban J connectivity index is 0.000000157. The molecule has 0 spiro atoms. The predicted octanol–water partition coefficient (Wildman–Crippen LogP) is 19.4. The third-order valence-corrected chi connectivity index (χ3v) is 34.0. The summed E-state index contributed by atoms with van der Waals surface area (Å²) in [6, 6.07) is 39.5. The van der Waals surface area contributed by atoms with E-state index in [1.165, 1.54) is 53.5 Å². The van der Waals surface area contributed by atoms with Crippen molar-refractivity contribution in [2.45, 2.75) is 316 Å². The van der Waals surface area contributed by atoms with Crippen molar-refractivity contribution in [2.75, 3.05) is 38.0 Å². The number of halogens is 1. The van der Waals surface area contributed by atoms with Gasteiger partial charge < -0.3 is 55.5 Å². The lowest BCUT2D eigenvalue weighted by Gasteiger charge is -2.40. The van der Waals surface area contributed by atoms with Crippen LogP contribution in [0, 0.1) is 53.2 Å². The lowest BCUT2D eigenvalue weighted by Crippen LogP contribution is -2.62. The van der Waals surface area contributed by atoms with Gasteiger partial charge in [0.1, 0.15) is 69.7 Å². The number of carbonyl (C=O) groups excluding carboxylic acids is 12. The quantitative estimate of drug-likeness (QED) is 0.00963. The van der Waals surface area contributed by atoms with E-state index < -0.39 is 48.1 Å². The van der Waals surface area contributed by atoms with E-state index in [-0.39, 0.29) is 143 Å². The molecule has 7 N–H and O–H groups in total. The highest BCUT2D eigenvalue weighted by atomic mass is 32.1. The summed E-state index contributed by atoms with van der Waals surface area (Å²) in [4.78, 5) is 185. The molecule has 8 fully saturated rings. The number of fused-ring (bicyclic) bond motifs is 1. The van der Waals surface area contributed by atoms with E-state index in [4.69, 9.17) is 15.2 Å².